The van der Waals surface area contributed by atoms with Crippen molar-refractivity contribution in [1.82, 2.24) is 19.6 Å². The molecule has 0 unspecified atom stereocenters. The Morgan fingerprint density at radius 3 is 2.75 bits per heavy atom. The molecule has 6 nitrogen and oxygen atoms in total. The molecular weight excluding hydrogens is 372 g/mol. The molecule has 0 saturated carbocycles. The quantitative estimate of drug-likeness (QED) is 0.792. The van der Waals surface area contributed by atoms with Gasteiger partial charge in [-0.05, 0) is 49.8 Å². The average Bonchev–Trinajstić information content (AvgIpc) is 3.49. The summed E-state index contributed by atoms with van der Waals surface area (Å²) in [6, 6.07) is 4.13. The largest absolute Gasteiger partial charge is 0.369 e. The Bertz CT molecular complexity index is 818. The summed E-state index contributed by atoms with van der Waals surface area (Å²) in [4.78, 5) is 19.6. The van der Waals surface area contributed by atoms with Crippen LogP contribution in [0.2, 0.25) is 0 Å². The number of fused-ring (bicyclic) bond motifs is 2. The van der Waals surface area contributed by atoms with Crippen molar-refractivity contribution in [3.05, 3.63) is 39.8 Å². The van der Waals surface area contributed by atoms with E-state index in [9.17, 15) is 4.79 Å². The Balaban J connectivity index is 1.27. The SMILES string of the molecule is O=C(c1cc2c(s1)C1(CCN(CCn3cccn3)CC1)OCC2)N1CCCC1. The second-order valence-corrected chi connectivity index (χ2v) is 9.22. The van der Waals surface area contributed by atoms with Crippen molar-refractivity contribution in [2.45, 2.75) is 44.2 Å². The first-order valence-electron chi connectivity index (χ1n) is 10.5. The summed E-state index contributed by atoms with van der Waals surface area (Å²) in [5, 5.41) is 4.30. The summed E-state index contributed by atoms with van der Waals surface area (Å²) in [6.45, 7) is 6.62. The standard InChI is InChI=1S/C21H28N4O2S/c26-20(24-8-1-2-9-24)18-16-17-4-15-27-21(19(17)28-18)5-11-23(12-6-21)13-14-25-10-3-7-22-25/h3,7,10,16H,1-2,4-6,8-9,11-15H2. The summed E-state index contributed by atoms with van der Waals surface area (Å²) in [7, 11) is 0. The number of aromatic nitrogens is 2. The zero-order chi connectivity index (χ0) is 19.0. The second kappa shape index (κ2) is 7.61. The van der Waals surface area contributed by atoms with Crippen LogP contribution in [0.15, 0.2) is 24.5 Å². The van der Waals surface area contributed by atoms with Crippen molar-refractivity contribution in [3.8, 4) is 0 Å². The maximum absolute atomic E-state index is 12.9. The molecule has 0 N–H and O–H groups in total. The van der Waals surface area contributed by atoms with Gasteiger partial charge in [0.2, 0.25) is 0 Å². The van der Waals surface area contributed by atoms with Crippen molar-refractivity contribution in [2.75, 3.05) is 39.3 Å². The summed E-state index contributed by atoms with van der Waals surface area (Å²) in [6.07, 6.45) is 9.08. The molecule has 5 heterocycles. The number of nitrogens with zero attached hydrogens (tertiary/aromatic N) is 4. The van der Waals surface area contributed by atoms with Gasteiger partial charge < -0.3 is 14.5 Å². The van der Waals surface area contributed by atoms with Gasteiger partial charge in [-0.15, -0.1) is 11.3 Å². The minimum absolute atomic E-state index is 0.177. The van der Waals surface area contributed by atoms with E-state index in [1.807, 2.05) is 28.0 Å². The van der Waals surface area contributed by atoms with Gasteiger partial charge >= 0.3 is 0 Å². The van der Waals surface area contributed by atoms with Crippen LogP contribution in [-0.2, 0) is 23.3 Å². The smallest absolute Gasteiger partial charge is 0.263 e. The fourth-order valence-electron chi connectivity index (χ4n) is 4.79. The van der Waals surface area contributed by atoms with Crippen molar-refractivity contribution >= 4 is 17.2 Å². The van der Waals surface area contributed by atoms with Crippen LogP contribution in [0, 0.1) is 0 Å². The van der Waals surface area contributed by atoms with Gasteiger partial charge in [-0.2, -0.15) is 5.10 Å². The van der Waals surface area contributed by atoms with Crippen LogP contribution >= 0.6 is 11.3 Å². The number of ether oxygens (including phenoxy) is 1. The number of hydrogen-bond donors (Lipinski definition) is 0. The molecule has 3 aliphatic rings. The summed E-state index contributed by atoms with van der Waals surface area (Å²) in [5.41, 5.74) is 1.17. The van der Waals surface area contributed by atoms with Crippen LogP contribution < -0.4 is 0 Å². The molecule has 150 valence electrons. The molecule has 0 radical (unpaired) electrons. The predicted octanol–water partition coefficient (Wildman–Crippen LogP) is 2.74. The number of carbonyl (C=O) groups is 1. The second-order valence-electron chi connectivity index (χ2n) is 8.17. The Hall–Kier alpha value is -1.70. The number of thiophene rings is 1. The number of rotatable bonds is 4. The molecule has 0 bridgehead atoms. The lowest BCUT2D eigenvalue weighted by Crippen LogP contribution is -2.46. The molecule has 0 atom stereocenters. The molecular formula is C21H28N4O2S. The van der Waals surface area contributed by atoms with Crippen LogP contribution in [0.1, 0.15) is 45.8 Å². The molecule has 2 saturated heterocycles. The first-order chi connectivity index (χ1) is 13.7. The van der Waals surface area contributed by atoms with E-state index >= 15 is 0 Å². The van der Waals surface area contributed by atoms with Gasteiger partial charge in [0.15, 0.2) is 0 Å². The fourth-order valence-corrected chi connectivity index (χ4v) is 6.17. The maximum atomic E-state index is 12.9. The van der Waals surface area contributed by atoms with Crippen LogP contribution in [0.4, 0.5) is 0 Å². The minimum Gasteiger partial charge on any atom is -0.369 e. The highest BCUT2D eigenvalue weighted by Crippen LogP contribution is 2.45. The third-order valence-electron chi connectivity index (χ3n) is 6.44. The first kappa shape index (κ1) is 18.3. The van der Waals surface area contributed by atoms with Crippen LogP contribution in [0.25, 0.3) is 0 Å². The lowest BCUT2D eigenvalue weighted by atomic mass is 9.85. The lowest BCUT2D eigenvalue weighted by Gasteiger charge is -2.43. The van der Waals surface area contributed by atoms with Gasteiger partial charge in [0.25, 0.3) is 5.91 Å². The molecule has 2 aromatic heterocycles. The molecule has 2 aromatic rings. The van der Waals surface area contributed by atoms with E-state index in [2.05, 4.69) is 16.1 Å². The highest BCUT2D eigenvalue weighted by atomic mass is 32.1. The monoisotopic (exact) mass is 400 g/mol. The number of likely N-dealkylation sites (tertiary alicyclic amines) is 2. The highest BCUT2D eigenvalue weighted by molar-refractivity contribution is 7.14. The topological polar surface area (TPSA) is 50.6 Å². The molecule has 0 aromatic carbocycles. The van der Waals surface area contributed by atoms with E-state index in [4.69, 9.17) is 4.74 Å². The fraction of sp³-hybridized carbons (Fsp3) is 0.619. The van der Waals surface area contributed by atoms with Crippen molar-refractivity contribution in [3.63, 3.8) is 0 Å². The minimum atomic E-state index is -0.177. The molecule has 3 aliphatic heterocycles. The molecule has 2 fully saturated rings. The average molecular weight is 401 g/mol. The third kappa shape index (κ3) is 3.40. The van der Waals surface area contributed by atoms with Gasteiger partial charge in [0.1, 0.15) is 5.60 Å². The van der Waals surface area contributed by atoms with Gasteiger partial charge in [0, 0.05) is 50.0 Å². The van der Waals surface area contributed by atoms with Crippen molar-refractivity contribution in [2.24, 2.45) is 0 Å². The highest BCUT2D eigenvalue weighted by Gasteiger charge is 2.43. The van der Waals surface area contributed by atoms with Crippen LogP contribution in [0.5, 0.6) is 0 Å². The van der Waals surface area contributed by atoms with Gasteiger partial charge in [-0.3, -0.25) is 9.48 Å². The molecule has 28 heavy (non-hydrogen) atoms. The van der Waals surface area contributed by atoms with Crippen LogP contribution in [-0.4, -0.2) is 64.8 Å². The van der Waals surface area contributed by atoms with Crippen molar-refractivity contribution in [1.29, 1.82) is 0 Å². The van der Waals surface area contributed by atoms with Crippen molar-refractivity contribution < 1.29 is 9.53 Å². The zero-order valence-electron chi connectivity index (χ0n) is 16.3. The normalized spacial score (nSPS) is 21.9. The molecule has 7 heteroatoms. The van der Waals surface area contributed by atoms with Gasteiger partial charge in [0.05, 0.1) is 18.0 Å². The third-order valence-corrected chi connectivity index (χ3v) is 7.80. The Morgan fingerprint density at radius 1 is 1.18 bits per heavy atom. The summed E-state index contributed by atoms with van der Waals surface area (Å²) in [5.74, 6) is 0.226. The summed E-state index contributed by atoms with van der Waals surface area (Å²) >= 11 is 1.70. The Labute approximate surface area is 170 Å². The van der Waals surface area contributed by atoms with E-state index < -0.39 is 0 Å². The predicted molar refractivity (Wildman–Crippen MR) is 109 cm³/mol. The van der Waals surface area contributed by atoms with Gasteiger partial charge in [-0.25, -0.2) is 0 Å². The number of piperidine rings is 1. The summed E-state index contributed by atoms with van der Waals surface area (Å²) < 4.78 is 8.39. The Kier molecular flexibility index (Phi) is 4.99. The van der Waals surface area contributed by atoms with Crippen LogP contribution in [0.3, 0.4) is 0 Å². The van der Waals surface area contributed by atoms with E-state index in [0.717, 1.165) is 82.9 Å². The van der Waals surface area contributed by atoms with E-state index in [1.54, 1.807) is 11.3 Å². The molecule has 1 spiro atoms. The first-order valence-corrected chi connectivity index (χ1v) is 11.3. The van der Waals surface area contributed by atoms with E-state index in [-0.39, 0.29) is 11.5 Å². The van der Waals surface area contributed by atoms with E-state index in [0.29, 0.717) is 0 Å². The van der Waals surface area contributed by atoms with E-state index in [1.165, 1.54) is 10.4 Å². The Morgan fingerprint density at radius 2 is 2.00 bits per heavy atom. The molecule has 0 aliphatic carbocycles. The molecule has 5 rings (SSSR count). The molecule has 1 amide bonds. The number of hydrogen-bond acceptors (Lipinski definition) is 5. The maximum Gasteiger partial charge on any atom is 0.263 e. The lowest BCUT2D eigenvalue weighted by molar-refractivity contribution is -0.0953. The number of carbonyl (C=O) groups excluding carboxylic acids is 1. The number of amides is 1. The zero-order valence-corrected chi connectivity index (χ0v) is 17.1. The van der Waals surface area contributed by atoms with Gasteiger partial charge in [-0.1, -0.05) is 0 Å².